The van der Waals surface area contributed by atoms with Crippen LogP contribution in [0, 0.1) is 23.7 Å². The molecule has 0 heterocycles. The topological polar surface area (TPSA) is 180 Å². The van der Waals surface area contributed by atoms with E-state index in [1.807, 2.05) is 54.5 Å². The van der Waals surface area contributed by atoms with E-state index in [2.05, 4.69) is 21.3 Å². The van der Waals surface area contributed by atoms with E-state index in [1.54, 1.807) is 31.2 Å². The fourth-order valence-corrected chi connectivity index (χ4v) is 4.46. The summed E-state index contributed by atoms with van der Waals surface area (Å²) < 4.78 is 0. The highest BCUT2D eigenvalue weighted by Crippen LogP contribution is 2.15. The summed E-state index contributed by atoms with van der Waals surface area (Å²) in [6.45, 7) is 14.7. The van der Waals surface area contributed by atoms with E-state index in [4.69, 9.17) is 5.73 Å². The Morgan fingerprint density at radius 1 is 0.651 bits per heavy atom. The van der Waals surface area contributed by atoms with Crippen molar-refractivity contribution >= 4 is 29.6 Å². The van der Waals surface area contributed by atoms with Crippen molar-refractivity contribution in [2.75, 3.05) is 0 Å². The lowest BCUT2D eigenvalue weighted by Crippen LogP contribution is -2.61. The largest absolute Gasteiger partial charge is 0.480 e. The maximum absolute atomic E-state index is 13.7. The number of nitrogens with one attached hydrogen (secondary N) is 4. The second kappa shape index (κ2) is 18.3. The van der Waals surface area contributed by atoms with Crippen LogP contribution in [-0.2, 0) is 30.4 Å². The fraction of sp³-hybridized carbons (Fsp3) is 0.656. The summed E-state index contributed by atoms with van der Waals surface area (Å²) >= 11 is 0. The number of hydrogen-bond acceptors (Lipinski definition) is 6. The van der Waals surface area contributed by atoms with Gasteiger partial charge in [0.2, 0.25) is 23.6 Å². The second-order valence-corrected chi connectivity index (χ2v) is 12.0. The molecule has 0 bridgehead atoms. The Balaban J connectivity index is 3.19. The normalized spacial score (nSPS) is 16.9. The highest BCUT2D eigenvalue weighted by Gasteiger charge is 2.36. The van der Waals surface area contributed by atoms with Gasteiger partial charge in [-0.2, -0.15) is 0 Å². The van der Waals surface area contributed by atoms with Gasteiger partial charge >= 0.3 is 5.97 Å². The maximum Gasteiger partial charge on any atom is 0.326 e. The van der Waals surface area contributed by atoms with Crippen LogP contribution in [0.5, 0.6) is 0 Å². The summed E-state index contributed by atoms with van der Waals surface area (Å²) in [5, 5.41) is 20.7. The SMILES string of the molecule is CC[C@H](C)[C@H](NC(=O)[C@@H](N)C(C)C)C(=O)N[C@H](C(=O)N[C@H](C(=O)N[C@@H](Cc1ccccc1)C(=O)O)[C@@H](C)CC)[C@@H](C)CC. The third-order valence-corrected chi connectivity index (χ3v) is 8.30. The summed E-state index contributed by atoms with van der Waals surface area (Å²) in [5.41, 5.74) is 6.75. The van der Waals surface area contributed by atoms with Crippen molar-refractivity contribution in [1.82, 2.24) is 21.3 Å². The third-order valence-electron chi connectivity index (χ3n) is 8.30. The molecule has 0 spiro atoms. The van der Waals surface area contributed by atoms with Crippen LogP contribution in [0.15, 0.2) is 30.3 Å². The van der Waals surface area contributed by atoms with Crippen molar-refractivity contribution in [2.45, 2.75) is 111 Å². The van der Waals surface area contributed by atoms with Crippen LogP contribution in [0.2, 0.25) is 0 Å². The van der Waals surface area contributed by atoms with Crippen LogP contribution in [0.4, 0.5) is 0 Å². The van der Waals surface area contributed by atoms with E-state index in [-0.39, 0.29) is 30.1 Å². The van der Waals surface area contributed by atoms with Crippen molar-refractivity contribution in [3.8, 4) is 0 Å². The van der Waals surface area contributed by atoms with Gasteiger partial charge in [-0.15, -0.1) is 0 Å². The molecule has 0 saturated carbocycles. The summed E-state index contributed by atoms with van der Waals surface area (Å²) in [4.78, 5) is 65.3. The van der Waals surface area contributed by atoms with Crippen molar-refractivity contribution in [2.24, 2.45) is 29.4 Å². The van der Waals surface area contributed by atoms with E-state index in [0.717, 1.165) is 5.56 Å². The third kappa shape index (κ3) is 11.6. The van der Waals surface area contributed by atoms with Gasteiger partial charge in [-0.05, 0) is 29.2 Å². The second-order valence-electron chi connectivity index (χ2n) is 12.0. The van der Waals surface area contributed by atoms with Crippen LogP contribution in [0.3, 0.4) is 0 Å². The van der Waals surface area contributed by atoms with E-state index >= 15 is 0 Å². The number of carboxylic acid groups (broad SMARTS) is 1. The molecular weight excluding hydrogens is 550 g/mol. The Hall–Kier alpha value is -3.47. The average molecular weight is 604 g/mol. The molecule has 7 N–H and O–H groups in total. The van der Waals surface area contributed by atoms with Gasteiger partial charge in [-0.1, -0.05) is 105 Å². The number of benzene rings is 1. The van der Waals surface area contributed by atoms with E-state index < -0.39 is 59.8 Å². The van der Waals surface area contributed by atoms with Crippen molar-refractivity contribution in [3.63, 3.8) is 0 Å². The van der Waals surface area contributed by atoms with E-state index in [1.165, 1.54) is 0 Å². The van der Waals surface area contributed by atoms with E-state index in [0.29, 0.717) is 19.3 Å². The molecule has 0 aromatic heterocycles. The smallest absolute Gasteiger partial charge is 0.326 e. The summed E-state index contributed by atoms with van der Waals surface area (Å²) in [6, 6.07) is 4.02. The van der Waals surface area contributed by atoms with Crippen LogP contribution in [-0.4, -0.2) is 64.9 Å². The number of aliphatic carboxylic acids is 1. The fourth-order valence-electron chi connectivity index (χ4n) is 4.46. The first-order valence-electron chi connectivity index (χ1n) is 15.4. The molecule has 242 valence electrons. The summed E-state index contributed by atoms with van der Waals surface area (Å²) in [6.07, 6.45) is 1.76. The number of amides is 4. The standard InChI is InChI=1S/C32H53N5O6/c1-9-19(6)25(29(39)34-23(32(42)43)17-22-15-13-12-14-16-22)36-31(41)27(21(8)11-3)37-30(40)26(20(7)10-2)35-28(38)24(33)18(4)5/h12-16,18-21,23-27H,9-11,17,33H2,1-8H3,(H,34,39)(H,35,38)(H,36,41)(H,37,40)(H,42,43)/t19-,20-,21-,23-,24-,25-,26-,27-/m0/s1. The number of hydrogen-bond donors (Lipinski definition) is 6. The molecule has 0 unspecified atom stereocenters. The van der Waals surface area contributed by atoms with Gasteiger partial charge < -0.3 is 32.1 Å². The zero-order chi connectivity index (χ0) is 32.9. The molecule has 4 amide bonds. The Kier molecular flexibility index (Phi) is 15.9. The van der Waals surface area contributed by atoms with Crippen molar-refractivity contribution < 1.29 is 29.1 Å². The average Bonchev–Trinajstić information content (AvgIpc) is 2.99. The van der Waals surface area contributed by atoms with Gasteiger partial charge in [0.1, 0.15) is 24.2 Å². The Morgan fingerprint density at radius 2 is 1.02 bits per heavy atom. The molecule has 0 radical (unpaired) electrons. The predicted octanol–water partition coefficient (Wildman–Crippen LogP) is 2.37. The molecule has 0 aliphatic rings. The highest BCUT2D eigenvalue weighted by atomic mass is 16.4. The predicted molar refractivity (Wildman–Crippen MR) is 167 cm³/mol. The first kappa shape index (κ1) is 37.6. The molecule has 8 atom stereocenters. The van der Waals surface area contributed by atoms with Gasteiger partial charge in [0.15, 0.2) is 0 Å². The monoisotopic (exact) mass is 603 g/mol. The van der Waals surface area contributed by atoms with Gasteiger partial charge in [0.05, 0.1) is 6.04 Å². The quantitative estimate of drug-likeness (QED) is 0.149. The Labute approximate surface area is 256 Å². The molecule has 0 fully saturated rings. The lowest BCUT2D eigenvalue weighted by molar-refractivity contribution is -0.142. The minimum absolute atomic E-state index is 0.0812. The summed E-state index contributed by atoms with van der Waals surface area (Å²) in [7, 11) is 0. The lowest BCUT2D eigenvalue weighted by atomic mass is 9.93. The maximum atomic E-state index is 13.7. The highest BCUT2D eigenvalue weighted by molar-refractivity contribution is 5.95. The molecule has 1 aromatic carbocycles. The molecule has 0 saturated heterocycles. The van der Waals surface area contributed by atoms with Gasteiger partial charge in [-0.25, -0.2) is 4.79 Å². The summed E-state index contributed by atoms with van der Waals surface area (Å²) in [5.74, 6) is -4.33. The van der Waals surface area contributed by atoms with Gasteiger partial charge in [0.25, 0.3) is 0 Å². The minimum atomic E-state index is -1.19. The first-order valence-corrected chi connectivity index (χ1v) is 15.4. The van der Waals surface area contributed by atoms with Crippen LogP contribution < -0.4 is 27.0 Å². The molecule has 43 heavy (non-hydrogen) atoms. The molecule has 1 rings (SSSR count). The Morgan fingerprint density at radius 3 is 1.37 bits per heavy atom. The molecule has 1 aromatic rings. The molecule has 0 aliphatic carbocycles. The first-order chi connectivity index (χ1) is 20.2. The lowest BCUT2D eigenvalue weighted by Gasteiger charge is -2.32. The molecule has 11 heteroatoms. The van der Waals surface area contributed by atoms with E-state index in [9.17, 15) is 29.1 Å². The zero-order valence-electron chi connectivity index (χ0n) is 27.0. The number of carboxylic acids is 1. The van der Waals surface area contributed by atoms with Crippen molar-refractivity contribution in [3.05, 3.63) is 35.9 Å². The molecular formula is C32H53N5O6. The van der Waals surface area contributed by atoms with Crippen LogP contribution in [0.1, 0.15) is 80.2 Å². The zero-order valence-corrected chi connectivity index (χ0v) is 27.0. The minimum Gasteiger partial charge on any atom is -0.480 e. The molecule has 0 aliphatic heterocycles. The van der Waals surface area contributed by atoms with Crippen molar-refractivity contribution in [1.29, 1.82) is 0 Å². The van der Waals surface area contributed by atoms with Gasteiger partial charge in [0, 0.05) is 6.42 Å². The molecule has 11 nitrogen and oxygen atoms in total. The number of carbonyl (C=O) groups excluding carboxylic acids is 4. The number of carbonyl (C=O) groups is 5. The number of rotatable bonds is 18. The van der Waals surface area contributed by atoms with Crippen LogP contribution in [0.25, 0.3) is 0 Å². The Bertz CT molecular complexity index is 1070. The van der Waals surface area contributed by atoms with Gasteiger partial charge in [-0.3, -0.25) is 19.2 Å². The number of nitrogens with two attached hydrogens (primary N) is 1. The van der Waals surface area contributed by atoms with Crippen LogP contribution >= 0.6 is 0 Å².